The highest BCUT2D eigenvalue weighted by atomic mass is 35.5. The predicted octanol–water partition coefficient (Wildman–Crippen LogP) is 5.67. The number of carbonyl (C=O) groups excluding carboxylic acids is 1. The lowest BCUT2D eigenvalue weighted by Crippen LogP contribution is -2.24. The Hall–Kier alpha value is -3.43. The number of benzene rings is 1. The molecule has 1 fully saturated rings. The van der Waals surface area contributed by atoms with Crippen molar-refractivity contribution in [3.63, 3.8) is 0 Å². The Balaban J connectivity index is 1.37. The number of hydrogen-bond donors (Lipinski definition) is 0. The number of halogens is 2. The third-order valence-corrected chi connectivity index (χ3v) is 8.16. The maximum Gasteiger partial charge on any atom is 0.316 e. The van der Waals surface area contributed by atoms with Gasteiger partial charge in [0, 0.05) is 28.7 Å². The van der Waals surface area contributed by atoms with Crippen molar-refractivity contribution in [1.82, 2.24) is 29.3 Å². The van der Waals surface area contributed by atoms with Crippen LogP contribution in [0.3, 0.4) is 0 Å². The van der Waals surface area contributed by atoms with E-state index in [0.29, 0.717) is 46.9 Å². The molecule has 0 amide bonds. The molecule has 11 heteroatoms. The zero-order valence-corrected chi connectivity index (χ0v) is 23.5. The van der Waals surface area contributed by atoms with Crippen LogP contribution in [-0.4, -0.2) is 49.0 Å². The molecule has 1 aromatic carbocycles. The number of imidazole rings is 1. The maximum absolute atomic E-state index is 12.8. The molecule has 1 unspecified atom stereocenters. The van der Waals surface area contributed by atoms with Gasteiger partial charge < -0.3 is 14.0 Å². The van der Waals surface area contributed by atoms with E-state index in [9.17, 15) is 4.79 Å². The number of aromatic nitrogens is 6. The minimum Gasteiger partial charge on any atom is -0.479 e. The molecule has 1 atom stereocenters. The molecule has 3 aromatic heterocycles. The van der Waals surface area contributed by atoms with Gasteiger partial charge in [0.2, 0.25) is 5.88 Å². The fourth-order valence-corrected chi connectivity index (χ4v) is 6.08. The lowest BCUT2D eigenvalue weighted by atomic mass is 9.86. The molecule has 1 saturated carbocycles. The van der Waals surface area contributed by atoms with Gasteiger partial charge in [-0.25, -0.2) is 19.6 Å². The van der Waals surface area contributed by atoms with Gasteiger partial charge in [-0.2, -0.15) is 0 Å². The summed E-state index contributed by atoms with van der Waals surface area (Å²) in [5.41, 5.74) is 3.25. The van der Waals surface area contributed by atoms with E-state index in [4.69, 9.17) is 47.7 Å². The molecule has 0 saturated heterocycles. The van der Waals surface area contributed by atoms with E-state index in [1.165, 1.54) is 0 Å². The summed E-state index contributed by atoms with van der Waals surface area (Å²) in [5, 5.41) is 5.82. The van der Waals surface area contributed by atoms with E-state index in [0.717, 1.165) is 47.7 Å². The number of aryl methyl sites for hydroxylation is 2. The summed E-state index contributed by atoms with van der Waals surface area (Å²) in [6, 6.07) is 7.53. The number of hydrogen-bond acceptors (Lipinski definition) is 7. The third-order valence-electron chi connectivity index (χ3n) is 7.52. The fourth-order valence-electron chi connectivity index (χ4n) is 5.39. The molecule has 2 aliphatic rings. The molecule has 1 aliphatic heterocycles. The lowest BCUT2D eigenvalue weighted by molar-refractivity contribution is -0.146. The predicted molar refractivity (Wildman–Crippen MR) is 147 cm³/mol. The standard InChI is InChI=1S/C28H28Cl2N6O3/c1-4-39-27(37)28(9-10-28)19-12-18(20(29)13-21(19)30)17-6-5-11-36-25(17)33-24(34-36)22-7-8-23(26(32-22)38-3)35-14-16(2)31-15-35/h7-8,12-15,17H,4-6,9-11H2,1-3H3. The molecule has 0 bridgehead atoms. The maximum atomic E-state index is 12.8. The number of pyridine rings is 1. The second-order valence-electron chi connectivity index (χ2n) is 10.0. The number of nitrogens with zero attached hydrogens (tertiary/aromatic N) is 6. The van der Waals surface area contributed by atoms with Crippen molar-refractivity contribution in [2.75, 3.05) is 13.7 Å². The van der Waals surface area contributed by atoms with E-state index in [1.54, 1.807) is 19.5 Å². The van der Waals surface area contributed by atoms with Crippen LogP contribution in [0.1, 0.15) is 61.2 Å². The molecule has 4 heterocycles. The molecule has 6 rings (SSSR count). The summed E-state index contributed by atoms with van der Waals surface area (Å²) in [4.78, 5) is 26.7. The molecular weight excluding hydrogens is 539 g/mol. The smallest absolute Gasteiger partial charge is 0.316 e. The Morgan fingerprint density at radius 3 is 2.69 bits per heavy atom. The minimum absolute atomic E-state index is 0.100. The Morgan fingerprint density at radius 2 is 2.00 bits per heavy atom. The molecule has 4 aromatic rings. The monoisotopic (exact) mass is 566 g/mol. The number of rotatable bonds is 7. The first-order chi connectivity index (χ1) is 18.8. The second kappa shape index (κ2) is 9.95. The topological polar surface area (TPSA) is 97.0 Å². The Kier molecular flexibility index (Phi) is 6.59. The molecule has 0 spiro atoms. The van der Waals surface area contributed by atoms with Crippen molar-refractivity contribution < 1.29 is 14.3 Å². The molecule has 0 N–H and O–H groups in total. The Morgan fingerprint density at radius 1 is 1.18 bits per heavy atom. The van der Waals surface area contributed by atoms with Crippen molar-refractivity contribution in [3.8, 4) is 23.1 Å². The van der Waals surface area contributed by atoms with Crippen LogP contribution in [0, 0.1) is 6.92 Å². The molecule has 0 radical (unpaired) electrons. The van der Waals surface area contributed by atoms with Gasteiger partial charge in [-0.1, -0.05) is 29.3 Å². The SMILES string of the molecule is CCOC(=O)C1(c2cc(C3CCCn4nc(-c5ccc(-n6cnc(C)c6)c(OC)n5)nc43)c(Cl)cc2Cl)CC1. The normalized spacial score (nSPS) is 17.5. The number of methoxy groups -OCH3 is 1. The third kappa shape index (κ3) is 4.47. The van der Waals surface area contributed by atoms with Gasteiger partial charge in [0.25, 0.3) is 0 Å². The Labute approximate surface area is 236 Å². The molecule has 1 aliphatic carbocycles. The summed E-state index contributed by atoms with van der Waals surface area (Å²) in [6.45, 7) is 4.81. The first-order valence-electron chi connectivity index (χ1n) is 13.0. The highest BCUT2D eigenvalue weighted by molar-refractivity contribution is 6.36. The van der Waals surface area contributed by atoms with E-state index in [2.05, 4.69) is 4.98 Å². The van der Waals surface area contributed by atoms with E-state index < -0.39 is 5.41 Å². The summed E-state index contributed by atoms with van der Waals surface area (Å²) in [5.74, 6) is 1.44. The van der Waals surface area contributed by atoms with Crippen LogP contribution in [0.5, 0.6) is 5.88 Å². The summed E-state index contributed by atoms with van der Waals surface area (Å²) in [7, 11) is 1.59. The first-order valence-corrected chi connectivity index (χ1v) is 13.8. The van der Waals surface area contributed by atoms with Gasteiger partial charge in [-0.05, 0) is 68.9 Å². The zero-order chi connectivity index (χ0) is 27.3. The van der Waals surface area contributed by atoms with Crippen molar-refractivity contribution >= 4 is 29.2 Å². The van der Waals surface area contributed by atoms with Crippen LogP contribution in [0.15, 0.2) is 36.8 Å². The highest BCUT2D eigenvalue weighted by Gasteiger charge is 2.54. The van der Waals surface area contributed by atoms with E-state index >= 15 is 0 Å². The van der Waals surface area contributed by atoms with Crippen LogP contribution >= 0.6 is 23.2 Å². The van der Waals surface area contributed by atoms with Crippen molar-refractivity contribution in [2.45, 2.75) is 57.4 Å². The summed E-state index contributed by atoms with van der Waals surface area (Å²) in [6.07, 6.45) is 6.81. The number of fused-ring (bicyclic) bond motifs is 1. The van der Waals surface area contributed by atoms with E-state index in [-0.39, 0.29) is 11.9 Å². The van der Waals surface area contributed by atoms with Crippen molar-refractivity contribution in [2.24, 2.45) is 0 Å². The van der Waals surface area contributed by atoms with Gasteiger partial charge in [0.15, 0.2) is 5.82 Å². The van der Waals surface area contributed by atoms with Crippen molar-refractivity contribution in [1.29, 1.82) is 0 Å². The van der Waals surface area contributed by atoms with Gasteiger partial charge in [0.1, 0.15) is 17.2 Å². The average molecular weight is 567 g/mol. The van der Waals surface area contributed by atoms with Gasteiger partial charge >= 0.3 is 5.97 Å². The zero-order valence-electron chi connectivity index (χ0n) is 21.9. The summed E-state index contributed by atoms with van der Waals surface area (Å²) >= 11 is 13.4. The highest BCUT2D eigenvalue weighted by Crippen LogP contribution is 2.53. The average Bonchev–Trinajstić information content (AvgIpc) is 3.42. The number of esters is 1. The number of carbonyl (C=O) groups is 1. The second-order valence-corrected chi connectivity index (χ2v) is 10.8. The number of ether oxygens (including phenoxy) is 2. The molecule has 202 valence electrons. The van der Waals surface area contributed by atoms with Gasteiger partial charge in [-0.3, -0.25) is 4.79 Å². The summed E-state index contributed by atoms with van der Waals surface area (Å²) < 4.78 is 14.8. The lowest BCUT2D eigenvalue weighted by Gasteiger charge is -2.25. The quantitative estimate of drug-likeness (QED) is 0.266. The van der Waals surface area contributed by atoms with Crippen LogP contribution in [0.2, 0.25) is 10.0 Å². The van der Waals surface area contributed by atoms with Crippen LogP contribution in [0.25, 0.3) is 17.2 Å². The van der Waals surface area contributed by atoms with Crippen LogP contribution < -0.4 is 4.74 Å². The Bertz CT molecular complexity index is 1580. The van der Waals surface area contributed by atoms with Crippen LogP contribution in [-0.2, 0) is 21.5 Å². The molecule has 39 heavy (non-hydrogen) atoms. The van der Waals surface area contributed by atoms with Crippen molar-refractivity contribution in [3.05, 3.63) is 69.5 Å². The van der Waals surface area contributed by atoms with Gasteiger partial charge in [0.05, 0.1) is 31.2 Å². The van der Waals surface area contributed by atoms with Gasteiger partial charge in [-0.15, -0.1) is 5.10 Å². The first kappa shape index (κ1) is 25.8. The largest absolute Gasteiger partial charge is 0.479 e. The molecular formula is C28H28Cl2N6O3. The fraction of sp³-hybridized carbons (Fsp3) is 0.393. The van der Waals surface area contributed by atoms with E-state index in [1.807, 2.05) is 47.5 Å². The molecule has 9 nitrogen and oxygen atoms in total. The van der Waals surface area contributed by atoms with Crippen LogP contribution in [0.4, 0.5) is 0 Å². The minimum atomic E-state index is -0.698.